The first-order valence-corrected chi connectivity index (χ1v) is 7.18. The summed E-state index contributed by atoms with van der Waals surface area (Å²) in [5.41, 5.74) is 9.90. The number of aromatic nitrogens is 3. The van der Waals surface area contributed by atoms with Crippen LogP contribution in [0.2, 0.25) is 0 Å². The van der Waals surface area contributed by atoms with Crippen molar-refractivity contribution in [3.8, 4) is 0 Å². The van der Waals surface area contributed by atoms with E-state index in [0.29, 0.717) is 28.9 Å². The molecule has 0 aliphatic rings. The second-order valence-electron chi connectivity index (χ2n) is 5.36. The van der Waals surface area contributed by atoms with Gasteiger partial charge in [0.1, 0.15) is 17.8 Å². The third-order valence-electron chi connectivity index (χ3n) is 3.53. The Bertz CT molecular complexity index is 842. The van der Waals surface area contributed by atoms with Crippen molar-refractivity contribution in [1.29, 1.82) is 0 Å². The Hall–Kier alpha value is -3.09. The fraction of sp³-hybridized carbons (Fsp3) is 0.188. The molecule has 0 saturated carbocycles. The zero-order valence-corrected chi connectivity index (χ0v) is 13.2. The monoisotopic (exact) mass is 310 g/mol. The van der Waals surface area contributed by atoms with Crippen LogP contribution in [0, 0.1) is 20.8 Å². The van der Waals surface area contributed by atoms with E-state index in [4.69, 9.17) is 10.3 Å². The molecule has 7 nitrogen and oxygen atoms in total. The Morgan fingerprint density at radius 3 is 2.35 bits per heavy atom. The summed E-state index contributed by atoms with van der Waals surface area (Å²) in [6, 6.07) is 7.84. The van der Waals surface area contributed by atoms with Crippen LogP contribution in [0.3, 0.4) is 0 Å². The molecule has 0 radical (unpaired) electrons. The zero-order valence-electron chi connectivity index (χ0n) is 13.2. The maximum atomic E-state index is 6.15. The molecule has 0 aliphatic carbocycles. The van der Waals surface area contributed by atoms with Crippen LogP contribution in [0.1, 0.15) is 16.9 Å². The van der Waals surface area contributed by atoms with Gasteiger partial charge in [-0.1, -0.05) is 11.2 Å². The lowest BCUT2D eigenvalue weighted by molar-refractivity contribution is 0.400. The molecule has 3 aromatic rings. The molecule has 4 N–H and O–H groups in total. The van der Waals surface area contributed by atoms with Crippen LogP contribution in [0.4, 0.5) is 28.8 Å². The first kappa shape index (κ1) is 14.8. The summed E-state index contributed by atoms with van der Waals surface area (Å²) >= 11 is 0. The molecule has 23 heavy (non-hydrogen) atoms. The van der Waals surface area contributed by atoms with Crippen molar-refractivity contribution in [2.75, 3.05) is 16.4 Å². The fourth-order valence-corrected chi connectivity index (χ4v) is 2.10. The predicted molar refractivity (Wildman–Crippen MR) is 90.2 cm³/mol. The molecule has 2 aromatic heterocycles. The molecule has 0 saturated heterocycles. The highest BCUT2D eigenvalue weighted by molar-refractivity contribution is 5.79. The number of nitrogens with two attached hydrogens (primary N) is 1. The maximum Gasteiger partial charge on any atom is 0.175 e. The summed E-state index contributed by atoms with van der Waals surface area (Å²) < 4.78 is 5.01. The van der Waals surface area contributed by atoms with E-state index in [2.05, 4.69) is 39.6 Å². The van der Waals surface area contributed by atoms with Crippen LogP contribution >= 0.6 is 0 Å². The first-order chi connectivity index (χ1) is 11.0. The number of rotatable bonds is 4. The second-order valence-corrected chi connectivity index (χ2v) is 5.36. The normalized spacial score (nSPS) is 10.6. The lowest BCUT2D eigenvalue weighted by Gasteiger charge is -2.12. The zero-order chi connectivity index (χ0) is 16.4. The number of anilines is 5. The Morgan fingerprint density at radius 2 is 1.70 bits per heavy atom. The summed E-state index contributed by atoms with van der Waals surface area (Å²) in [7, 11) is 0. The molecule has 118 valence electrons. The standard InChI is InChI=1S/C16H18N6O/c1-9-4-5-12(6-10(9)2)20-15-14(17)16(19-8-18-15)21-13-7-11(3)23-22-13/h4-8H,17H2,1-3H3,(H2,18,19,20,21,22). The lowest BCUT2D eigenvalue weighted by atomic mass is 10.1. The number of nitrogens with one attached hydrogen (secondary N) is 2. The maximum absolute atomic E-state index is 6.15. The Morgan fingerprint density at radius 1 is 0.957 bits per heavy atom. The number of aryl methyl sites for hydroxylation is 3. The van der Waals surface area contributed by atoms with Crippen molar-refractivity contribution in [2.45, 2.75) is 20.8 Å². The van der Waals surface area contributed by atoms with E-state index in [1.54, 1.807) is 6.07 Å². The minimum Gasteiger partial charge on any atom is -0.393 e. The SMILES string of the molecule is Cc1cc(Nc2ncnc(Nc3ccc(C)c(C)c3)c2N)no1. The molecule has 3 rings (SSSR count). The molecular weight excluding hydrogens is 292 g/mol. The van der Waals surface area contributed by atoms with Gasteiger partial charge in [-0.05, 0) is 44.0 Å². The molecular formula is C16H18N6O. The quantitative estimate of drug-likeness (QED) is 0.678. The largest absolute Gasteiger partial charge is 0.393 e. The molecule has 1 aromatic carbocycles. The van der Waals surface area contributed by atoms with Gasteiger partial charge < -0.3 is 20.9 Å². The van der Waals surface area contributed by atoms with Crippen molar-refractivity contribution in [1.82, 2.24) is 15.1 Å². The van der Waals surface area contributed by atoms with Crippen molar-refractivity contribution in [3.05, 3.63) is 47.5 Å². The average Bonchev–Trinajstić information content (AvgIpc) is 2.92. The predicted octanol–water partition coefficient (Wildman–Crippen LogP) is 3.46. The minimum atomic E-state index is 0.409. The van der Waals surface area contributed by atoms with Crippen molar-refractivity contribution in [3.63, 3.8) is 0 Å². The molecule has 7 heteroatoms. The van der Waals surface area contributed by atoms with Gasteiger partial charge >= 0.3 is 0 Å². The third-order valence-corrected chi connectivity index (χ3v) is 3.53. The van der Waals surface area contributed by atoms with Gasteiger partial charge in [0.15, 0.2) is 17.5 Å². The Balaban J connectivity index is 1.85. The fourth-order valence-electron chi connectivity index (χ4n) is 2.10. The van der Waals surface area contributed by atoms with Crippen LogP contribution in [0.15, 0.2) is 35.1 Å². The lowest BCUT2D eigenvalue weighted by Crippen LogP contribution is -2.05. The molecule has 0 spiro atoms. The molecule has 0 amide bonds. The smallest absolute Gasteiger partial charge is 0.175 e. The molecule has 0 bridgehead atoms. The van der Waals surface area contributed by atoms with E-state index in [1.165, 1.54) is 17.5 Å². The number of hydrogen-bond donors (Lipinski definition) is 3. The summed E-state index contributed by atoms with van der Waals surface area (Å²) in [5, 5.41) is 10.1. The highest BCUT2D eigenvalue weighted by atomic mass is 16.5. The minimum absolute atomic E-state index is 0.409. The Labute approximate surface area is 133 Å². The van der Waals surface area contributed by atoms with Gasteiger partial charge in [0.05, 0.1) is 0 Å². The van der Waals surface area contributed by atoms with Crippen LogP contribution in [-0.4, -0.2) is 15.1 Å². The van der Waals surface area contributed by atoms with Crippen molar-refractivity contribution >= 4 is 28.8 Å². The van der Waals surface area contributed by atoms with E-state index in [1.807, 2.05) is 25.1 Å². The molecule has 2 heterocycles. The highest BCUT2D eigenvalue weighted by Gasteiger charge is 2.10. The number of hydrogen-bond acceptors (Lipinski definition) is 7. The topological polar surface area (TPSA) is 102 Å². The molecule has 0 atom stereocenters. The summed E-state index contributed by atoms with van der Waals surface area (Å²) in [6.45, 7) is 5.94. The van der Waals surface area contributed by atoms with Gasteiger partial charge in [-0.25, -0.2) is 9.97 Å². The summed E-state index contributed by atoms with van der Waals surface area (Å²) in [5.74, 6) is 2.25. The van der Waals surface area contributed by atoms with Gasteiger partial charge in [0, 0.05) is 11.8 Å². The van der Waals surface area contributed by atoms with Crippen LogP contribution in [-0.2, 0) is 0 Å². The third kappa shape index (κ3) is 3.23. The first-order valence-electron chi connectivity index (χ1n) is 7.18. The van der Waals surface area contributed by atoms with Gasteiger partial charge in [-0.2, -0.15) is 0 Å². The van der Waals surface area contributed by atoms with Crippen molar-refractivity contribution < 1.29 is 4.52 Å². The van der Waals surface area contributed by atoms with Gasteiger partial charge in [0.2, 0.25) is 0 Å². The second kappa shape index (κ2) is 5.96. The van der Waals surface area contributed by atoms with Crippen LogP contribution in [0.5, 0.6) is 0 Å². The van der Waals surface area contributed by atoms with E-state index < -0.39 is 0 Å². The van der Waals surface area contributed by atoms with E-state index in [9.17, 15) is 0 Å². The summed E-state index contributed by atoms with van der Waals surface area (Å²) in [6.07, 6.45) is 1.44. The van der Waals surface area contributed by atoms with Gasteiger partial charge in [-0.3, -0.25) is 0 Å². The molecule has 0 fully saturated rings. The molecule has 0 aliphatic heterocycles. The number of nitrogens with zero attached hydrogens (tertiary/aromatic N) is 3. The van der Waals surface area contributed by atoms with Gasteiger partial charge in [0.25, 0.3) is 0 Å². The van der Waals surface area contributed by atoms with Gasteiger partial charge in [-0.15, -0.1) is 0 Å². The van der Waals surface area contributed by atoms with E-state index >= 15 is 0 Å². The van der Waals surface area contributed by atoms with Crippen LogP contribution in [0.25, 0.3) is 0 Å². The summed E-state index contributed by atoms with van der Waals surface area (Å²) in [4.78, 5) is 8.35. The van der Waals surface area contributed by atoms with E-state index in [-0.39, 0.29) is 0 Å². The van der Waals surface area contributed by atoms with Crippen LogP contribution < -0.4 is 16.4 Å². The molecule has 0 unspecified atom stereocenters. The number of benzene rings is 1. The number of nitrogen functional groups attached to an aromatic ring is 1. The van der Waals surface area contributed by atoms with Crippen molar-refractivity contribution in [2.24, 2.45) is 0 Å². The highest BCUT2D eigenvalue weighted by Crippen LogP contribution is 2.28. The Kier molecular flexibility index (Phi) is 3.84. The average molecular weight is 310 g/mol. The van der Waals surface area contributed by atoms with E-state index in [0.717, 1.165) is 5.69 Å².